The number of hydrogen-bond donors (Lipinski definition) is 2. The van der Waals surface area contributed by atoms with Gasteiger partial charge >= 0.3 is 0 Å². The van der Waals surface area contributed by atoms with Crippen LogP contribution < -0.4 is 10.2 Å². The summed E-state index contributed by atoms with van der Waals surface area (Å²) in [5, 5.41) is 5.47. The highest BCUT2D eigenvalue weighted by Crippen LogP contribution is 2.31. The van der Waals surface area contributed by atoms with E-state index in [1.165, 1.54) is 5.56 Å². The minimum Gasteiger partial charge on any atom is -0.356 e. The second-order valence-corrected chi connectivity index (χ2v) is 7.19. The largest absolute Gasteiger partial charge is 0.356 e. The smallest absolute Gasteiger partial charge is 0.142 e. The number of piperidine rings is 1. The summed E-state index contributed by atoms with van der Waals surface area (Å²) >= 11 is 6.01. The van der Waals surface area contributed by atoms with E-state index in [2.05, 4.69) is 50.4 Å². The molecule has 0 aliphatic carbocycles. The topological polar surface area (TPSA) is 56.8 Å². The predicted molar refractivity (Wildman–Crippen MR) is 114 cm³/mol. The molecular formula is C21H28ClN5. The van der Waals surface area contributed by atoms with E-state index in [-0.39, 0.29) is 5.54 Å². The Labute approximate surface area is 166 Å². The Kier molecular flexibility index (Phi) is 6.34. The molecule has 0 saturated carbocycles. The van der Waals surface area contributed by atoms with Crippen molar-refractivity contribution in [3.63, 3.8) is 0 Å². The molecule has 3 heterocycles. The molecule has 4 rings (SSSR count). The summed E-state index contributed by atoms with van der Waals surface area (Å²) in [5.74, 6) is 1.03. The maximum Gasteiger partial charge on any atom is 0.142 e. The lowest BCUT2D eigenvalue weighted by molar-refractivity contribution is 0.274. The van der Waals surface area contributed by atoms with Crippen molar-refractivity contribution in [1.29, 1.82) is 0 Å². The Morgan fingerprint density at radius 3 is 2.48 bits per heavy atom. The maximum absolute atomic E-state index is 6.01. The second-order valence-electron chi connectivity index (χ2n) is 6.76. The van der Waals surface area contributed by atoms with E-state index in [0.29, 0.717) is 0 Å². The first kappa shape index (κ1) is 19.6. The molecule has 0 atom stereocenters. The fourth-order valence-electron chi connectivity index (χ4n) is 3.77. The van der Waals surface area contributed by atoms with Gasteiger partial charge in [-0.2, -0.15) is 0 Å². The van der Waals surface area contributed by atoms with Gasteiger partial charge in [-0.25, -0.2) is 9.97 Å². The minimum atomic E-state index is 0.120. The van der Waals surface area contributed by atoms with Crippen LogP contribution in [0.3, 0.4) is 0 Å². The molecule has 0 bridgehead atoms. The van der Waals surface area contributed by atoms with Gasteiger partial charge in [0.1, 0.15) is 17.8 Å². The van der Waals surface area contributed by atoms with Crippen molar-refractivity contribution in [2.75, 3.05) is 25.0 Å². The Morgan fingerprint density at radius 1 is 1.11 bits per heavy atom. The number of likely N-dealkylation sites (N-methyl/N-ethyl adjacent to an activating group) is 1. The quantitative estimate of drug-likeness (QED) is 0.697. The third kappa shape index (κ3) is 4.25. The molecule has 0 amide bonds. The molecular weight excluding hydrogens is 358 g/mol. The summed E-state index contributed by atoms with van der Waals surface area (Å²) in [5.41, 5.74) is 2.34. The maximum atomic E-state index is 6.01. The van der Waals surface area contributed by atoms with Gasteiger partial charge in [-0.3, -0.25) is 0 Å². The molecule has 0 radical (unpaired) electrons. The van der Waals surface area contributed by atoms with E-state index in [1.807, 2.05) is 32.2 Å². The summed E-state index contributed by atoms with van der Waals surface area (Å²) in [6.45, 7) is 5.96. The van der Waals surface area contributed by atoms with Crippen LogP contribution in [0.5, 0.6) is 0 Å². The molecule has 3 aromatic rings. The van der Waals surface area contributed by atoms with Gasteiger partial charge in [0.15, 0.2) is 0 Å². The third-order valence-electron chi connectivity index (χ3n) is 5.34. The number of aromatic nitrogens is 3. The number of nitrogens with one attached hydrogen (secondary N) is 2. The second kappa shape index (κ2) is 8.72. The number of fused-ring (bicyclic) bond motifs is 1. The van der Waals surface area contributed by atoms with Gasteiger partial charge in [0.05, 0.1) is 5.39 Å². The molecule has 1 saturated heterocycles. The SMILES string of the molecule is CC.CNC1(Cc2ccc(Cl)cc2)CCN(c2ncnc3[nH]ccc23)CC1. The van der Waals surface area contributed by atoms with Crippen LogP contribution in [0, 0.1) is 0 Å². The average molecular weight is 386 g/mol. The van der Waals surface area contributed by atoms with E-state index in [4.69, 9.17) is 11.6 Å². The summed E-state index contributed by atoms with van der Waals surface area (Å²) < 4.78 is 0. The number of hydrogen-bond acceptors (Lipinski definition) is 4. The van der Waals surface area contributed by atoms with Crippen LogP contribution in [-0.4, -0.2) is 40.6 Å². The van der Waals surface area contributed by atoms with Crippen LogP contribution >= 0.6 is 11.6 Å². The number of rotatable bonds is 4. The van der Waals surface area contributed by atoms with Crippen LogP contribution in [0.2, 0.25) is 5.02 Å². The van der Waals surface area contributed by atoms with Crippen molar-refractivity contribution in [2.45, 2.75) is 38.6 Å². The first-order valence-electron chi connectivity index (χ1n) is 9.65. The van der Waals surface area contributed by atoms with Crippen molar-refractivity contribution in [2.24, 2.45) is 0 Å². The van der Waals surface area contributed by atoms with E-state index < -0.39 is 0 Å². The molecule has 2 N–H and O–H groups in total. The number of benzene rings is 1. The van der Waals surface area contributed by atoms with Crippen LogP contribution in [0.1, 0.15) is 32.3 Å². The number of nitrogens with zero attached hydrogens (tertiary/aromatic N) is 3. The lowest BCUT2D eigenvalue weighted by Gasteiger charge is -2.42. The van der Waals surface area contributed by atoms with E-state index in [0.717, 1.165) is 54.2 Å². The van der Waals surface area contributed by atoms with Crippen molar-refractivity contribution in [1.82, 2.24) is 20.3 Å². The first-order valence-corrected chi connectivity index (χ1v) is 10.0. The van der Waals surface area contributed by atoms with Gasteiger partial charge in [-0.1, -0.05) is 37.6 Å². The van der Waals surface area contributed by atoms with Crippen LogP contribution in [0.15, 0.2) is 42.9 Å². The van der Waals surface area contributed by atoms with E-state index in [1.54, 1.807) is 6.33 Å². The molecule has 27 heavy (non-hydrogen) atoms. The van der Waals surface area contributed by atoms with Gasteiger partial charge in [-0.15, -0.1) is 0 Å². The molecule has 2 aromatic heterocycles. The number of aromatic amines is 1. The van der Waals surface area contributed by atoms with Crippen molar-refractivity contribution >= 4 is 28.5 Å². The molecule has 5 nitrogen and oxygen atoms in total. The Morgan fingerprint density at radius 2 is 1.81 bits per heavy atom. The standard InChI is InChI=1S/C19H22ClN5.C2H6/c1-21-19(12-14-2-4-15(20)5-3-14)7-10-25(11-8-19)18-16-6-9-22-17(16)23-13-24-18;1-2/h2-6,9,13,21H,7-8,10-12H2,1H3,(H,22,23,24);1-2H3. The summed E-state index contributed by atoms with van der Waals surface area (Å²) in [7, 11) is 2.07. The average Bonchev–Trinajstić information content (AvgIpc) is 3.21. The van der Waals surface area contributed by atoms with Gasteiger partial charge in [0.25, 0.3) is 0 Å². The van der Waals surface area contributed by atoms with Gasteiger partial charge in [0.2, 0.25) is 0 Å². The normalized spacial score (nSPS) is 16.1. The molecule has 0 spiro atoms. The fraction of sp³-hybridized carbons (Fsp3) is 0.429. The van der Waals surface area contributed by atoms with E-state index >= 15 is 0 Å². The zero-order chi connectivity index (χ0) is 19.3. The molecule has 6 heteroatoms. The predicted octanol–water partition coefficient (Wildman–Crippen LogP) is 4.44. The zero-order valence-electron chi connectivity index (χ0n) is 16.3. The number of anilines is 1. The number of H-pyrrole nitrogens is 1. The monoisotopic (exact) mass is 385 g/mol. The highest BCUT2D eigenvalue weighted by atomic mass is 35.5. The van der Waals surface area contributed by atoms with Crippen LogP contribution in [0.25, 0.3) is 11.0 Å². The minimum absolute atomic E-state index is 0.120. The zero-order valence-corrected chi connectivity index (χ0v) is 17.1. The van der Waals surface area contributed by atoms with Gasteiger partial charge in [0, 0.05) is 29.8 Å². The first-order chi connectivity index (χ1) is 13.2. The Bertz CT molecular complexity index is 850. The molecule has 1 fully saturated rings. The fourth-order valence-corrected chi connectivity index (χ4v) is 3.89. The molecule has 1 aromatic carbocycles. The lowest BCUT2D eigenvalue weighted by Crippen LogP contribution is -2.53. The van der Waals surface area contributed by atoms with Crippen molar-refractivity contribution < 1.29 is 0 Å². The van der Waals surface area contributed by atoms with Crippen molar-refractivity contribution in [3.05, 3.63) is 53.4 Å². The van der Waals surface area contributed by atoms with Gasteiger partial charge < -0.3 is 15.2 Å². The van der Waals surface area contributed by atoms with E-state index in [9.17, 15) is 0 Å². The summed E-state index contributed by atoms with van der Waals surface area (Å²) in [6, 6.07) is 10.2. The van der Waals surface area contributed by atoms with Crippen LogP contribution in [-0.2, 0) is 6.42 Å². The molecule has 144 valence electrons. The lowest BCUT2D eigenvalue weighted by atomic mass is 9.82. The summed E-state index contributed by atoms with van der Waals surface area (Å²) in [6.07, 6.45) is 6.72. The number of halogens is 1. The molecule has 1 aliphatic rings. The highest BCUT2D eigenvalue weighted by Gasteiger charge is 2.34. The summed E-state index contributed by atoms with van der Waals surface area (Å²) in [4.78, 5) is 14.4. The highest BCUT2D eigenvalue weighted by molar-refractivity contribution is 6.30. The van der Waals surface area contributed by atoms with Gasteiger partial charge in [-0.05, 0) is 50.1 Å². The Balaban J connectivity index is 0.00000102. The Hall–Kier alpha value is -2.11. The molecule has 0 unspecified atom stereocenters. The van der Waals surface area contributed by atoms with Crippen LogP contribution in [0.4, 0.5) is 5.82 Å². The third-order valence-corrected chi connectivity index (χ3v) is 5.59. The molecule has 1 aliphatic heterocycles. The van der Waals surface area contributed by atoms with Crippen molar-refractivity contribution in [3.8, 4) is 0 Å².